The molecule has 3 heterocycles. The van der Waals surface area contributed by atoms with Crippen LogP contribution in [0.15, 0.2) is 78.1 Å². The standard InChI is InChI=1S/C26H24N6.C2H2/c1-4-19(15-27-5-2)24-30-25(21-12-11-18(3)28-16-21)32-26(31-24)22-13-14-23(29-17-22)20-9-7-6-8-10-20;1-2/h4,6-17H,5H2,1-3H3;1-2H/b19-4+,27-15?;. The number of rotatable bonds is 6. The Morgan fingerprint density at radius 1 is 0.824 bits per heavy atom. The minimum atomic E-state index is 0.557. The van der Waals surface area contributed by atoms with Gasteiger partial charge in [-0.3, -0.25) is 15.0 Å². The topological polar surface area (TPSA) is 76.8 Å². The summed E-state index contributed by atoms with van der Waals surface area (Å²) < 4.78 is 0. The van der Waals surface area contributed by atoms with E-state index in [1.54, 1.807) is 18.6 Å². The van der Waals surface area contributed by atoms with E-state index in [1.165, 1.54) is 0 Å². The van der Waals surface area contributed by atoms with Crippen molar-refractivity contribution in [3.63, 3.8) is 0 Å². The fraction of sp³-hybridized carbons (Fsp3) is 0.143. The predicted molar refractivity (Wildman–Crippen MR) is 139 cm³/mol. The highest BCUT2D eigenvalue weighted by Gasteiger charge is 2.13. The number of allylic oxidation sites excluding steroid dienone is 2. The summed E-state index contributed by atoms with van der Waals surface area (Å²) in [7, 11) is 0. The second kappa shape index (κ2) is 11.9. The van der Waals surface area contributed by atoms with Gasteiger partial charge >= 0.3 is 0 Å². The van der Waals surface area contributed by atoms with Crippen LogP contribution in [0, 0.1) is 19.8 Å². The average Bonchev–Trinajstić information content (AvgIpc) is 2.91. The molecule has 1 aromatic carbocycles. The molecule has 3 aromatic heterocycles. The SMILES string of the molecule is C#C.C/C=C(\C=NCC)c1nc(-c2ccc(C)nc2)nc(-c2ccc(-c3ccccc3)nc2)n1. The number of terminal acetylenes is 1. The lowest BCUT2D eigenvalue weighted by atomic mass is 10.1. The van der Waals surface area contributed by atoms with E-state index in [0.717, 1.165) is 33.7 Å². The van der Waals surface area contributed by atoms with Gasteiger partial charge in [0, 0.05) is 53.1 Å². The number of pyridine rings is 2. The van der Waals surface area contributed by atoms with Crippen molar-refractivity contribution in [2.75, 3.05) is 6.54 Å². The van der Waals surface area contributed by atoms with Gasteiger partial charge in [0.05, 0.1) is 5.69 Å². The fourth-order valence-corrected chi connectivity index (χ4v) is 3.12. The quantitative estimate of drug-likeness (QED) is 0.280. The third-order valence-corrected chi connectivity index (χ3v) is 4.88. The molecule has 0 radical (unpaired) electrons. The predicted octanol–water partition coefficient (Wildman–Crippen LogP) is 5.71. The van der Waals surface area contributed by atoms with Gasteiger partial charge in [-0.15, -0.1) is 12.8 Å². The molecule has 0 amide bonds. The molecule has 0 atom stereocenters. The lowest BCUT2D eigenvalue weighted by Crippen LogP contribution is -2.04. The van der Waals surface area contributed by atoms with Crippen molar-refractivity contribution < 1.29 is 0 Å². The second-order valence-corrected chi connectivity index (χ2v) is 7.16. The monoisotopic (exact) mass is 446 g/mol. The molecular weight excluding hydrogens is 420 g/mol. The molecule has 0 aliphatic heterocycles. The first-order valence-electron chi connectivity index (χ1n) is 10.9. The summed E-state index contributed by atoms with van der Waals surface area (Å²) >= 11 is 0. The van der Waals surface area contributed by atoms with Gasteiger partial charge in [0.25, 0.3) is 0 Å². The Labute approximate surface area is 200 Å². The fourth-order valence-electron chi connectivity index (χ4n) is 3.12. The van der Waals surface area contributed by atoms with Gasteiger partial charge < -0.3 is 0 Å². The molecule has 0 saturated heterocycles. The lowest BCUT2D eigenvalue weighted by molar-refractivity contribution is 1.03. The Hall–Kier alpha value is -4.50. The van der Waals surface area contributed by atoms with Crippen molar-refractivity contribution in [2.45, 2.75) is 20.8 Å². The van der Waals surface area contributed by atoms with Gasteiger partial charge in [-0.2, -0.15) is 0 Å². The van der Waals surface area contributed by atoms with E-state index in [2.05, 4.69) is 27.8 Å². The van der Waals surface area contributed by atoms with Crippen molar-refractivity contribution in [1.82, 2.24) is 24.9 Å². The van der Waals surface area contributed by atoms with Gasteiger partial charge in [0.15, 0.2) is 17.5 Å². The summed E-state index contributed by atoms with van der Waals surface area (Å²) in [5, 5.41) is 0. The van der Waals surface area contributed by atoms with Gasteiger partial charge in [-0.25, -0.2) is 15.0 Å². The maximum Gasteiger partial charge on any atom is 0.165 e. The summed E-state index contributed by atoms with van der Waals surface area (Å²) in [6, 6.07) is 18.0. The summed E-state index contributed by atoms with van der Waals surface area (Å²) in [5.41, 5.74) is 5.39. The van der Waals surface area contributed by atoms with Crippen molar-refractivity contribution in [1.29, 1.82) is 0 Å². The van der Waals surface area contributed by atoms with Gasteiger partial charge in [-0.1, -0.05) is 36.4 Å². The van der Waals surface area contributed by atoms with E-state index >= 15 is 0 Å². The third-order valence-electron chi connectivity index (χ3n) is 4.88. The van der Waals surface area contributed by atoms with Crippen LogP contribution < -0.4 is 0 Å². The number of aryl methyl sites for hydroxylation is 1. The van der Waals surface area contributed by atoms with Gasteiger partial charge in [0.1, 0.15) is 0 Å². The largest absolute Gasteiger partial charge is 0.293 e. The van der Waals surface area contributed by atoms with E-state index < -0.39 is 0 Å². The molecule has 0 saturated carbocycles. The summed E-state index contributed by atoms with van der Waals surface area (Å²) in [4.78, 5) is 27.6. The zero-order valence-corrected chi connectivity index (χ0v) is 19.6. The summed E-state index contributed by atoms with van der Waals surface area (Å²) in [6.45, 7) is 6.58. The van der Waals surface area contributed by atoms with Crippen LogP contribution in [0.2, 0.25) is 0 Å². The Bertz CT molecular complexity index is 1290. The molecule has 0 fully saturated rings. The Morgan fingerprint density at radius 2 is 1.47 bits per heavy atom. The summed E-state index contributed by atoms with van der Waals surface area (Å²) in [5.74, 6) is 1.69. The number of benzene rings is 1. The van der Waals surface area contributed by atoms with Crippen LogP contribution in [-0.2, 0) is 0 Å². The van der Waals surface area contributed by atoms with Crippen molar-refractivity contribution in [2.24, 2.45) is 4.99 Å². The molecule has 4 rings (SSSR count). The first-order valence-corrected chi connectivity index (χ1v) is 10.9. The van der Waals surface area contributed by atoms with E-state index in [1.807, 2.05) is 81.4 Å². The third kappa shape index (κ3) is 5.84. The van der Waals surface area contributed by atoms with E-state index in [4.69, 9.17) is 15.0 Å². The normalized spacial score (nSPS) is 11.1. The van der Waals surface area contributed by atoms with Crippen LogP contribution >= 0.6 is 0 Å². The second-order valence-electron chi connectivity index (χ2n) is 7.16. The maximum atomic E-state index is 4.73. The molecule has 0 spiro atoms. The minimum Gasteiger partial charge on any atom is -0.293 e. The smallest absolute Gasteiger partial charge is 0.165 e. The van der Waals surface area contributed by atoms with Crippen LogP contribution in [-0.4, -0.2) is 37.7 Å². The Balaban J connectivity index is 0.00000158. The number of hydrogen-bond acceptors (Lipinski definition) is 6. The molecule has 0 bridgehead atoms. The molecule has 0 N–H and O–H groups in total. The van der Waals surface area contributed by atoms with Crippen molar-refractivity contribution in [3.05, 3.63) is 84.6 Å². The number of nitrogens with zero attached hydrogens (tertiary/aromatic N) is 6. The van der Waals surface area contributed by atoms with Crippen LogP contribution in [0.3, 0.4) is 0 Å². The average molecular weight is 447 g/mol. The number of aromatic nitrogens is 5. The first-order chi connectivity index (χ1) is 16.7. The van der Waals surface area contributed by atoms with E-state index in [0.29, 0.717) is 24.0 Å². The molecule has 168 valence electrons. The van der Waals surface area contributed by atoms with E-state index in [9.17, 15) is 0 Å². The molecule has 6 heteroatoms. The Kier molecular flexibility index (Phi) is 8.48. The molecule has 4 aromatic rings. The molecule has 0 aliphatic carbocycles. The van der Waals surface area contributed by atoms with Crippen LogP contribution in [0.4, 0.5) is 0 Å². The summed E-state index contributed by atoms with van der Waals surface area (Å²) in [6.07, 6.45) is 15.3. The molecule has 0 aliphatic rings. The lowest BCUT2D eigenvalue weighted by Gasteiger charge is -2.09. The zero-order valence-electron chi connectivity index (χ0n) is 19.6. The maximum absolute atomic E-state index is 4.73. The first kappa shape index (κ1) is 24.1. The Morgan fingerprint density at radius 3 is 2.00 bits per heavy atom. The number of aliphatic imine (C=N–C) groups is 1. The van der Waals surface area contributed by atoms with Crippen molar-refractivity contribution >= 4 is 11.8 Å². The molecular formula is C28H26N6. The highest BCUT2D eigenvalue weighted by atomic mass is 15.0. The zero-order chi connectivity index (χ0) is 24.3. The van der Waals surface area contributed by atoms with Gasteiger partial charge in [0.2, 0.25) is 0 Å². The van der Waals surface area contributed by atoms with Crippen LogP contribution in [0.25, 0.3) is 39.6 Å². The van der Waals surface area contributed by atoms with E-state index in [-0.39, 0.29) is 0 Å². The highest BCUT2D eigenvalue weighted by Crippen LogP contribution is 2.24. The highest BCUT2D eigenvalue weighted by molar-refractivity contribution is 6.08. The van der Waals surface area contributed by atoms with Crippen LogP contribution in [0.5, 0.6) is 0 Å². The minimum absolute atomic E-state index is 0.557. The molecule has 6 nitrogen and oxygen atoms in total. The van der Waals surface area contributed by atoms with Gasteiger partial charge in [-0.05, 0) is 45.0 Å². The molecule has 34 heavy (non-hydrogen) atoms. The van der Waals surface area contributed by atoms with Crippen LogP contribution in [0.1, 0.15) is 25.4 Å². The molecule has 0 unspecified atom stereocenters. The number of hydrogen-bond donors (Lipinski definition) is 0. The van der Waals surface area contributed by atoms with Crippen molar-refractivity contribution in [3.8, 4) is 46.9 Å².